The van der Waals surface area contributed by atoms with E-state index in [1.165, 1.54) is 33.1 Å². The minimum Gasteiger partial charge on any atom is -0.465 e. The summed E-state index contributed by atoms with van der Waals surface area (Å²) in [6.45, 7) is 4.61. The van der Waals surface area contributed by atoms with Crippen molar-refractivity contribution in [1.82, 2.24) is 4.98 Å². The normalized spacial score (nSPS) is 11.1. The van der Waals surface area contributed by atoms with Crippen LogP contribution in [0.25, 0.3) is 11.3 Å². The molecule has 31 heavy (non-hydrogen) atoms. The van der Waals surface area contributed by atoms with Gasteiger partial charge in [0, 0.05) is 5.56 Å². The van der Waals surface area contributed by atoms with E-state index in [2.05, 4.69) is 4.98 Å². The van der Waals surface area contributed by atoms with E-state index in [4.69, 9.17) is 8.92 Å². The molecule has 0 unspecified atom stereocenters. The lowest BCUT2D eigenvalue weighted by molar-refractivity contribution is 0.0600. The van der Waals surface area contributed by atoms with Crippen molar-refractivity contribution in [3.63, 3.8) is 0 Å². The first-order valence-electron chi connectivity index (χ1n) is 9.36. The average Bonchev–Trinajstić information content (AvgIpc) is 2.73. The Hall–Kier alpha value is -3.52. The molecule has 0 N–H and O–H groups in total. The van der Waals surface area contributed by atoms with E-state index in [1.54, 1.807) is 42.5 Å². The number of methoxy groups -OCH3 is 1. The average molecular weight is 439 g/mol. The van der Waals surface area contributed by atoms with Crippen LogP contribution >= 0.6 is 0 Å². The van der Waals surface area contributed by atoms with Crippen molar-refractivity contribution in [3.8, 4) is 17.1 Å². The SMILES string of the molecule is COC(=O)c1c(-c2ccccc2)nc(OS(=O)(=O)c2ccc(C)cc2)c(C(C)=O)c1C. The van der Waals surface area contributed by atoms with Crippen LogP contribution in [-0.4, -0.2) is 32.3 Å². The lowest BCUT2D eigenvalue weighted by Gasteiger charge is -2.17. The van der Waals surface area contributed by atoms with Crippen molar-refractivity contribution < 1.29 is 26.9 Å². The second-order valence-corrected chi connectivity index (χ2v) is 8.45. The number of ether oxygens (including phenoxy) is 1. The quantitative estimate of drug-likeness (QED) is 0.323. The second kappa shape index (κ2) is 8.69. The number of pyridine rings is 1. The van der Waals surface area contributed by atoms with Crippen LogP contribution in [0.15, 0.2) is 59.5 Å². The summed E-state index contributed by atoms with van der Waals surface area (Å²) < 4.78 is 35.9. The van der Waals surface area contributed by atoms with Crippen LogP contribution in [-0.2, 0) is 14.9 Å². The summed E-state index contributed by atoms with van der Waals surface area (Å²) in [5, 5.41) is 0. The molecule has 0 aliphatic carbocycles. The summed E-state index contributed by atoms with van der Waals surface area (Å²) in [6, 6.07) is 14.8. The summed E-state index contributed by atoms with van der Waals surface area (Å²) in [5.41, 5.74) is 1.77. The van der Waals surface area contributed by atoms with E-state index in [9.17, 15) is 18.0 Å². The third-order valence-corrected chi connectivity index (χ3v) is 5.93. The van der Waals surface area contributed by atoms with Crippen molar-refractivity contribution in [3.05, 3.63) is 76.9 Å². The van der Waals surface area contributed by atoms with Crippen LogP contribution in [0, 0.1) is 13.8 Å². The lowest BCUT2D eigenvalue weighted by Crippen LogP contribution is -2.17. The monoisotopic (exact) mass is 439 g/mol. The molecule has 1 aromatic heterocycles. The minimum atomic E-state index is -4.27. The Bertz CT molecular complexity index is 1250. The summed E-state index contributed by atoms with van der Waals surface area (Å²) >= 11 is 0. The Morgan fingerprint density at radius 3 is 2.06 bits per heavy atom. The number of carbonyl (C=O) groups is 2. The van der Waals surface area contributed by atoms with Gasteiger partial charge in [0.1, 0.15) is 4.90 Å². The number of hydrogen-bond donors (Lipinski definition) is 0. The lowest BCUT2D eigenvalue weighted by atomic mass is 9.96. The molecule has 0 atom stereocenters. The van der Waals surface area contributed by atoms with Gasteiger partial charge < -0.3 is 8.92 Å². The molecule has 8 heteroatoms. The fourth-order valence-electron chi connectivity index (χ4n) is 3.16. The maximum absolute atomic E-state index is 12.9. The van der Waals surface area contributed by atoms with Crippen molar-refractivity contribution in [2.75, 3.05) is 7.11 Å². The Kier molecular flexibility index (Phi) is 6.21. The summed E-state index contributed by atoms with van der Waals surface area (Å²) in [6.07, 6.45) is 0. The van der Waals surface area contributed by atoms with Crippen LogP contribution in [0.3, 0.4) is 0 Å². The van der Waals surface area contributed by atoms with Crippen LogP contribution in [0.2, 0.25) is 0 Å². The predicted molar refractivity (Wildman–Crippen MR) is 115 cm³/mol. The molecule has 0 fully saturated rings. The maximum Gasteiger partial charge on any atom is 0.340 e. The first kappa shape index (κ1) is 22.2. The molecule has 7 nitrogen and oxygen atoms in total. The predicted octanol–water partition coefficient (Wildman–Crippen LogP) is 4.12. The highest BCUT2D eigenvalue weighted by Crippen LogP contribution is 2.34. The molecule has 0 aliphatic rings. The zero-order valence-electron chi connectivity index (χ0n) is 17.5. The molecule has 0 bridgehead atoms. The molecule has 3 rings (SSSR count). The highest BCUT2D eigenvalue weighted by molar-refractivity contribution is 7.87. The Morgan fingerprint density at radius 1 is 0.903 bits per heavy atom. The van der Waals surface area contributed by atoms with Gasteiger partial charge in [-0.05, 0) is 38.5 Å². The zero-order chi connectivity index (χ0) is 22.8. The van der Waals surface area contributed by atoms with Gasteiger partial charge in [-0.2, -0.15) is 8.42 Å². The molecule has 0 spiro atoms. The molecule has 0 aliphatic heterocycles. The largest absolute Gasteiger partial charge is 0.465 e. The van der Waals surface area contributed by atoms with E-state index >= 15 is 0 Å². The van der Waals surface area contributed by atoms with E-state index in [0.29, 0.717) is 5.56 Å². The van der Waals surface area contributed by atoms with E-state index in [-0.39, 0.29) is 27.3 Å². The van der Waals surface area contributed by atoms with Crippen molar-refractivity contribution in [2.45, 2.75) is 25.7 Å². The molecule has 2 aromatic carbocycles. The molecule has 160 valence electrons. The Balaban J connectivity index is 2.27. The van der Waals surface area contributed by atoms with Gasteiger partial charge >= 0.3 is 16.1 Å². The third-order valence-electron chi connectivity index (χ3n) is 4.70. The number of nitrogens with zero attached hydrogens (tertiary/aromatic N) is 1. The number of aromatic nitrogens is 1. The summed E-state index contributed by atoms with van der Waals surface area (Å²) in [5.74, 6) is -1.58. The number of Topliss-reactive ketones (excluding diaryl/α,β-unsaturated/α-hetero) is 1. The number of carbonyl (C=O) groups excluding carboxylic acids is 2. The van der Waals surface area contributed by atoms with Gasteiger partial charge in [-0.1, -0.05) is 48.0 Å². The third kappa shape index (κ3) is 4.49. The molecular formula is C23H21NO6S. The van der Waals surface area contributed by atoms with Crippen LogP contribution in [0.5, 0.6) is 5.88 Å². The first-order valence-corrected chi connectivity index (χ1v) is 10.8. The van der Waals surface area contributed by atoms with Gasteiger partial charge in [0.25, 0.3) is 0 Å². The van der Waals surface area contributed by atoms with Crippen LogP contribution in [0.4, 0.5) is 0 Å². The molecule has 0 saturated carbocycles. The van der Waals surface area contributed by atoms with Gasteiger partial charge in [0.15, 0.2) is 5.78 Å². The fourth-order valence-corrected chi connectivity index (χ4v) is 4.06. The van der Waals surface area contributed by atoms with E-state index in [0.717, 1.165) is 5.56 Å². The number of benzene rings is 2. The highest BCUT2D eigenvalue weighted by Gasteiger charge is 2.29. The van der Waals surface area contributed by atoms with Crippen molar-refractivity contribution >= 4 is 21.9 Å². The molecule has 0 amide bonds. The zero-order valence-corrected chi connectivity index (χ0v) is 18.3. The molecule has 1 heterocycles. The van der Waals surface area contributed by atoms with E-state index < -0.39 is 27.8 Å². The van der Waals surface area contributed by atoms with Crippen molar-refractivity contribution in [2.24, 2.45) is 0 Å². The second-order valence-electron chi connectivity index (χ2n) is 6.90. The smallest absolute Gasteiger partial charge is 0.340 e. The summed E-state index contributed by atoms with van der Waals surface area (Å²) in [7, 11) is -3.05. The molecule has 0 saturated heterocycles. The number of esters is 1. The van der Waals surface area contributed by atoms with Crippen LogP contribution in [0.1, 0.15) is 38.8 Å². The standard InChI is InChI=1S/C23H21NO6S/c1-14-10-12-18(13-11-14)31(27,28)30-22-19(16(3)25)15(2)20(23(26)29-4)21(24-22)17-8-6-5-7-9-17/h5-13H,1-4H3. The topological polar surface area (TPSA) is 99.6 Å². The summed E-state index contributed by atoms with van der Waals surface area (Å²) in [4.78, 5) is 29.1. The fraction of sp³-hybridized carbons (Fsp3) is 0.174. The van der Waals surface area contributed by atoms with Gasteiger partial charge in [-0.25, -0.2) is 9.78 Å². The molecule has 0 radical (unpaired) electrons. The van der Waals surface area contributed by atoms with E-state index in [1.807, 2.05) is 6.92 Å². The number of rotatable bonds is 6. The van der Waals surface area contributed by atoms with Gasteiger partial charge in [0.05, 0.1) is 23.9 Å². The number of hydrogen-bond acceptors (Lipinski definition) is 7. The number of aryl methyl sites for hydroxylation is 1. The molecule has 3 aromatic rings. The minimum absolute atomic E-state index is 0.0685. The Labute approximate surface area is 180 Å². The highest BCUT2D eigenvalue weighted by atomic mass is 32.2. The molecular weight excluding hydrogens is 418 g/mol. The van der Waals surface area contributed by atoms with Gasteiger partial charge in [-0.3, -0.25) is 4.79 Å². The van der Waals surface area contributed by atoms with Crippen LogP contribution < -0.4 is 4.18 Å². The maximum atomic E-state index is 12.9. The first-order chi connectivity index (χ1) is 14.7. The van der Waals surface area contributed by atoms with Gasteiger partial charge in [-0.15, -0.1) is 0 Å². The van der Waals surface area contributed by atoms with Crippen molar-refractivity contribution in [1.29, 1.82) is 0 Å². The Morgan fingerprint density at radius 2 is 1.52 bits per heavy atom. The number of ketones is 1. The van der Waals surface area contributed by atoms with Gasteiger partial charge in [0.2, 0.25) is 5.88 Å².